The molecule has 1 aromatic heterocycles. The molecule has 3 heterocycles. The van der Waals surface area contributed by atoms with E-state index in [-0.39, 0.29) is 23.0 Å². The van der Waals surface area contributed by atoms with Crippen LogP contribution in [-0.4, -0.2) is 11.6 Å². The molecular weight excluding hydrogens is 703 g/mol. The summed E-state index contributed by atoms with van der Waals surface area (Å²) in [5.74, 6) is 3.73. The number of fused-ring (bicyclic) bond motifs is 6. The van der Waals surface area contributed by atoms with E-state index in [2.05, 4.69) is 199 Å². The van der Waals surface area contributed by atoms with E-state index in [9.17, 15) is 0 Å². The summed E-state index contributed by atoms with van der Waals surface area (Å²) >= 11 is 0. The molecule has 3 aromatic rings. The Kier molecular flexibility index (Phi) is 12.1. The van der Waals surface area contributed by atoms with Crippen molar-refractivity contribution < 1.29 is 4.42 Å². The molecule has 4 heteroatoms. The van der Waals surface area contributed by atoms with Crippen molar-refractivity contribution in [3.63, 3.8) is 0 Å². The van der Waals surface area contributed by atoms with E-state index in [4.69, 9.17) is 4.42 Å². The smallest absolute Gasteiger partial charge is 0.289 e. The first-order chi connectivity index (χ1) is 27.2. The molecule has 0 bridgehead atoms. The number of anilines is 2. The number of rotatable bonds is 11. The second-order valence-electron chi connectivity index (χ2n) is 20.3. The molecule has 1 atom stereocenters. The zero-order valence-electron chi connectivity index (χ0n) is 38.4. The highest BCUT2D eigenvalue weighted by Crippen LogP contribution is 2.51. The van der Waals surface area contributed by atoms with E-state index in [1.165, 1.54) is 38.7 Å². The molecule has 2 aliphatic heterocycles. The lowest BCUT2D eigenvalue weighted by atomic mass is 9.39. The Morgan fingerprint density at radius 3 is 2.16 bits per heavy atom. The van der Waals surface area contributed by atoms with Gasteiger partial charge in [0.15, 0.2) is 0 Å². The third kappa shape index (κ3) is 8.10. The van der Waals surface area contributed by atoms with E-state index in [0.29, 0.717) is 17.8 Å². The van der Waals surface area contributed by atoms with Gasteiger partial charge in [-0.1, -0.05) is 140 Å². The molecule has 6 rings (SSSR count). The van der Waals surface area contributed by atoms with Gasteiger partial charge in [-0.2, -0.15) is 0 Å². The van der Waals surface area contributed by atoms with Crippen LogP contribution < -0.4 is 10.6 Å². The summed E-state index contributed by atoms with van der Waals surface area (Å²) in [7, 11) is 0. The van der Waals surface area contributed by atoms with Gasteiger partial charge in [-0.05, 0) is 142 Å². The van der Waals surface area contributed by atoms with Gasteiger partial charge in [0, 0.05) is 34.4 Å². The Labute approximate surface area is 352 Å². The molecule has 0 radical (unpaired) electrons. The molecular formula is C54H71BN2O. The first kappa shape index (κ1) is 43.2. The number of hydrogen-bond donors (Lipinski definition) is 0. The van der Waals surface area contributed by atoms with Crippen molar-refractivity contribution in [3.8, 4) is 0 Å². The van der Waals surface area contributed by atoms with E-state index in [1.807, 2.05) is 6.08 Å². The average Bonchev–Trinajstić information content (AvgIpc) is 3.54. The maximum absolute atomic E-state index is 7.30. The van der Waals surface area contributed by atoms with Gasteiger partial charge in [0.1, 0.15) is 5.58 Å². The van der Waals surface area contributed by atoms with Crippen molar-refractivity contribution in [1.82, 2.24) is 4.90 Å². The molecule has 1 unspecified atom stereocenters. The minimum absolute atomic E-state index is 0.0401. The number of nitrogens with zero attached hydrogens (tertiary/aromatic N) is 2. The van der Waals surface area contributed by atoms with Crippen molar-refractivity contribution in [3.05, 3.63) is 149 Å². The molecule has 0 spiro atoms. The van der Waals surface area contributed by atoms with Gasteiger partial charge < -0.3 is 14.2 Å². The summed E-state index contributed by atoms with van der Waals surface area (Å²) in [5, 5.41) is 1.17. The van der Waals surface area contributed by atoms with Crippen LogP contribution in [0, 0.1) is 17.8 Å². The SMILES string of the molecule is C=C/C=C1\C2=CN(C(/C=C\CC(C)C)=C/C)C(/C=C(\C(=C)C(C)CC)C(C)C)=CB2c2oc3cc4c(cc3c2N1c1ccc(C(C)(C)C)cc1)C(C)(C)CCC4(C)C. The van der Waals surface area contributed by atoms with Crippen LogP contribution in [0.5, 0.6) is 0 Å². The fourth-order valence-electron chi connectivity index (χ4n) is 9.03. The maximum Gasteiger partial charge on any atom is 0.289 e. The zero-order valence-corrected chi connectivity index (χ0v) is 38.4. The summed E-state index contributed by atoms with van der Waals surface area (Å²) in [4.78, 5) is 4.84. The van der Waals surface area contributed by atoms with E-state index in [1.54, 1.807) is 0 Å². The minimum Gasteiger partial charge on any atom is -0.468 e. The second-order valence-corrected chi connectivity index (χ2v) is 20.3. The average molecular weight is 775 g/mol. The summed E-state index contributed by atoms with van der Waals surface area (Å²) in [6, 6.07) is 14.0. The van der Waals surface area contributed by atoms with Crippen LogP contribution in [0.3, 0.4) is 0 Å². The van der Waals surface area contributed by atoms with E-state index in [0.717, 1.165) is 65.4 Å². The highest BCUT2D eigenvalue weighted by molar-refractivity contribution is 6.86. The largest absolute Gasteiger partial charge is 0.468 e. The predicted octanol–water partition coefficient (Wildman–Crippen LogP) is 14.9. The number of allylic oxidation sites excluding steroid dienone is 9. The Hall–Kier alpha value is -4.44. The third-order valence-corrected chi connectivity index (χ3v) is 13.2. The predicted molar refractivity (Wildman–Crippen MR) is 254 cm³/mol. The molecule has 2 aromatic carbocycles. The lowest BCUT2D eigenvalue weighted by Crippen LogP contribution is -2.45. The Morgan fingerprint density at radius 2 is 1.60 bits per heavy atom. The first-order valence-electron chi connectivity index (χ1n) is 22.1. The number of hydrogen-bond acceptors (Lipinski definition) is 3. The summed E-state index contributed by atoms with van der Waals surface area (Å²) < 4.78 is 7.30. The van der Waals surface area contributed by atoms with Gasteiger partial charge in [0.2, 0.25) is 0 Å². The number of furan rings is 1. The van der Waals surface area contributed by atoms with Crippen molar-refractivity contribution >= 4 is 34.7 Å². The second kappa shape index (κ2) is 16.3. The number of benzene rings is 2. The van der Waals surface area contributed by atoms with Crippen LogP contribution in [0.1, 0.15) is 139 Å². The molecule has 0 amide bonds. The van der Waals surface area contributed by atoms with Gasteiger partial charge >= 0.3 is 0 Å². The zero-order chi connectivity index (χ0) is 42.5. The van der Waals surface area contributed by atoms with Crippen molar-refractivity contribution in [2.24, 2.45) is 17.8 Å². The lowest BCUT2D eigenvalue weighted by Gasteiger charge is -2.42. The molecule has 58 heavy (non-hydrogen) atoms. The van der Waals surface area contributed by atoms with Crippen molar-refractivity contribution in [2.45, 2.75) is 139 Å². The highest BCUT2D eigenvalue weighted by atomic mass is 16.3. The highest BCUT2D eigenvalue weighted by Gasteiger charge is 2.44. The van der Waals surface area contributed by atoms with Crippen LogP contribution in [0.25, 0.3) is 11.0 Å². The Balaban J connectivity index is 1.70. The fraction of sp³-hybridized carbons (Fsp3) is 0.444. The van der Waals surface area contributed by atoms with Gasteiger partial charge in [0.05, 0.1) is 11.3 Å². The molecule has 3 nitrogen and oxygen atoms in total. The lowest BCUT2D eigenvalue weighted by molar-refractivity contribution is 0.332. The van der Waals surface area contributed by atoms with Crippen molar-refractivity contribution in [1.29, 1.82) is 0 Å². The monoisotopic (exact) mass is 775 g/mol. The molecule has 1 aliphatic carbocycles. The van der Waals surface area contributed by atoms with Gasteiger partial charge in [-0.15, -0.1) is 0 Å². The standard InChI is InChI=1S/C54H71BN2O/c1-17-21-48-47-34-56(40(19-3)23-20-22-35(4)5)42(30-43(36(6)7)38(9)37(8)18-2)33-55(47)51-50(57(48)41-26-24-39(25-27-41)52(10,11)12)44-31-45-46(32-49(44)58-51)54(15,16)29-28-53(45,13)14/h17,19-21,23-27,30-37H,1,9,18,22,28-29H2,2-8,10-16H3/b23-20-,40-19+,43-30-,48-21+. The molecule has 0 fully saturated rings. The summed E-state index contributed by atoms with van der Waals surface area (Å²) in [5.41, 5.74) is 15.6. The maximum atomic E-state index is 7.30. The van der Waals surface area contributed by atoms with Crippen LogP contribution in [0.4, 0.5) is 11.4 Å². The Morgan fingerprint density at radius 1 is 0.966 bits per heavy atom. The van der Waals surface area contributed by atoms with E-state index >= 15 is 0 Å². The first-order valence-corrected chi connectivity index (χ1v) is 22.1. The molecule has 0 N–H and O–H groups in total. The van der Waals surface area contributed by atoms with Crippen LogP contribution >= 0.6 is 0 Å². The van der Waals surface area contributed by atoms with Gasteiger partial charge in [0.25, 0.3) is 6.71 Å². The molecule has 306 valence electrons. The summed E-state index contributed by atoms with van der Waals surface area (Å²) in [6.07, 6.45) is 20.1. The van der Waals surface area contributed by atoms with Gasteiger partial charge in [-0.3, -0.25) is 0 Å². The molecule has 0 saturated carbocycles. The van der Waals surface area contributed by atoms with Crippen molar-refractivity contribution in [2.75, 3.05) is 4.90 Å². The quantitative estimate of drug-likeness (QED) is 0.143. The van der Waals surface area contributed by atoms with Crippen LogP contribution in [0.15, 0.2) is 136 Å². The fourth-order valence-corrected chi connectivity index (χ4v) is 9.03. The molecule has 3 aliphatic rings. The van der Waals surface area contributed by atoms with Crippen LogP contribution in [-0.2, 0) is 16.2 Å². The normalized spacial score (nSPS) is 19.4. The Bertz CT molecular complexity index is 2250. The summed E-state index contributed by atoms with van der Waals surface area (Å²) in [6.45, 7) is 41.1. The molecule has 0 saturated heterocycles. The van der Waals surface area contributed by atoms with Gasteiger partial charge in [-0.25, -0.2) is 0 Å². The van der Waals surface area contributed by atoms with E-state index < -0.39 is 0 Å². The minimum atomic E-state index is -0.123. The topological polar surface area (TPSA) is 19.6 Å². The third-order valence-electron chi connectivity index (χ3n) is 13.2. The van der Waals surface area contributed by atoms with Crippen LogP contribution in [0.2, 0.25) is 0 Å².